The molecule has 0 saturated carbocycles. The first-order valence-electron chi connectivity index (χ1n) is 5.94. The Bertz CT molecular complexity index is 464. The van der Waals surface area contributed by atoms with Crippen LogP contribution in [0, 0.1) is 6.92 Å². The van der Waals surface area contributed by atoms with E-state index in [4.69, 9.17) is 10.5 Å². The minimum atomic E-state index is -4.44. The van der Waals surface area contributed by atoms with Gasteiger partial charge < -0.3 is 15.8 Å². The monoisotopic (exact) mass is 291 g/mol. The first-order chi connectivity index (χ1) is 9.31. The average molecular weight is 291 g/mol. The van der Waals surface area contributed by atoms with Gasteiger partial charge in [0.25, 0.3) is 5.91 Å². The van der Waals surface area contributed by atoms with Gasteiger partial charge in [-0.15, -0.1) is 0 Å². The van der Waals surface area contributed by atoms with Crippen molar-refractivity contribution in [2.75, 3.05) is 19.7 Å². The van der Waals surface area contributed by atoms with Gasteiger partial charge in [0.15, 0.2) is 6.61 Å². The second kappa shape index (κ2) is 7.09. The van der Waals surface area contributed by atoms with Crippen LogP contribution in [0.5, 0.6) is 5.75 Å². The number of ether oxygens (including phenoxy) is 1. The molecule has 0 aliphatic carbocycles. The minimum Gasteiger partial charge on any atom is -0.482 e. The van der Waals surface area contributed by atoms with Crippen LogP contribution in [0.25, 0.3) is 0 Å². The van der Waals surface area contributed by atoms with E-state index >= 15 is 0 Å². The summed E-state index contributed by atoms with van der Waals surface area (Å²) in [6.45, 7) is 0.266. The summed E-state index contributed by atoms with van der Waals surface area (Å²) in [5, 5.41) is 1.72. The summed E-state index contributed by atoms with van der Waals surface area (Å²) < 4.78 is 40.9. The van der Waals surface area contributed by atoms with E-state index in [9.17, 15) is 18.0 Å². The summed E-state index contributed by atoms with van der Waals surface area (Å²) in [5.41, 5.74) is 6.78. The highest BCUT2D eigenvalue weighted by molar-refractivity contribution is 5.77. The second-order valence-corrected chi connectivity index (χ2v) is 4.12. The fourth-order valence-electron chi connectivity index (χ4n) is 1.44. The van der Waals surface area contributed by atoms with Gasteiger partial charge in [-0.1, -0.05) is 0 Å². The van der Waals surface area contributed by atoms with Crippen LogP contribution in [0.3, 0.4) is 0 Å². The smallest absolute Gasteiger partial charge is 0.405 e. The van der Waals surface area contributed by atoms with Crippen molar-refractivity contribution in [1.29, 1.82) is 0 Å². The molecule has 1 heterocycles. The molecule has 5 nitrogen and oxygen atoms in total. The maximum absolute atomic E-state index is 11.9. The van der Waals surface area contributed by atoms with Gasteiger partial charge in [-0.3, -0.25) is 9.78 Å². The highest BCUT2D eigenvalue weighted by Crippen LogP contribution is 2.17. The Labute approximate surface area is 114 Å². The van der Waals surface area contributed by atoms with Crippen LogP contribution in [0.1, 0.15) is 11.4 Å². The summed E-state index contributed by atoms with van der Waals surface area (Å²) in [5.74, 6) is -0.496. The lowest BCUT2D eigenvalue weighted by atomic mass is 10.2. The van der Waals surface area contributed by atoms with E-state index in [1.54, 1.807) is 24.4 Å². The zero-order valence-corrected chi connectivity index (χ0v) is 11.0. The number of aryl methyl sites for hydroxylation is 1. The van der Waals surface area contributed by atoms with Gasteiger partial charge in [0.1, 0.15) is 12.3 Å². The van der Waals surface area contributed by atoms with Crippen LogP contribution >= 0.6 is 0 Å². The molecule has 0 saturated heterocycles. The van der Waals surface area contributed by atoms with Crippen molar-refractivity contribution in [2.24, 2.45) is 5.73 Å². The molecule has 112 valence electrons. The van der Waals surface area contributed by atoms with E-state index in [1.807, 2.05) is 0 Å². The van der Waals surface area contributed by atoms with Crippen LogP contribution in [0.4, 0.5) is 13.2 Å². The van der Waals surface area contributed by atoms with E-state index < -0.39 is 25.2 Å². The van der Waals surface area contributed by atoms with E-state index in [1.165, 1.54) is 0 Å². The molecule has 3 N–H and O–H groups in total. The molecule has 20 heavy (non-hydrogen) atoms. The number of amides is 1. The van der Waals surface area contributed by atoms with Crippen molar-refractivity contribution in [2.45, 2.75) is 19.5 Å². The lowest BCUT2D eigenvalue weighted by Gasteiger charge is -2.12. The van der Waals surface area contributed by atoms with Crippen molar-refractivity contribution in [3.8, 4) is 5.75 Å². The SMILES string of the molecule is Cc1ccc(OCC(=O)NCC(F)(F)F)c(CCN)n1. The first kappa shape index (κ1) is 16.2. The highest BCUT2D eigenvalue weighted by atomic mass is 19.4. The van der Waals surface area contributed by atoms with Crippen LogP contribution in [-0.2, 0) is 11.2 Å². The van der Waals surface area contributed by atoms with Crippen LogP contribution in [0.2, 0.25) is 0 Å². The second-order valence-electron chi connectivity index (χ2n) is 4.12. The van der Waals surface area contributed by atoms with Crippen LogP contribution in [-0.4, -0.2) is 36.8 Å². The molecule has 1 aromatic rings. The van der Waals surface area contributed by atoms with Crippen LogP contribution in [0.15, 0.2) is 12.1 Å². The highest BCUT2D eigenvalue weighted by Gasteiger charge is 2.27. The van der Waals surface area contributed by atoms with Gasteiger partial charge in [-0.2, -0.15) is 13.2 Å². The number of rotatable bonds is 6. The van der Waals surface area contributed by atoms with Gasteiger partial charge in [0.2, 0.25) is 0 Å². The molecular formula is C12H16F3N3O2. The van der Waals surface area contributed by atoms with Gasteiger partial charge in [-0.05, 0) is 25.6 Å². The predicted molar refractivity (Wildman–Crippen MR) is 66.3 cm³/mol. The third kappa shape index (κ3) is 5.87. The van der Waals surface area contributed by atoms with Crippen molar-refractivity contribution in [3.63, 3.8) is 0 Å². The topological polar surface area (TPSA) is 77.2 Å². The Kier molecular flexibility index (Phi) is 5.75. The summed E-state index contributed by atoms with van der Waals surface area (Å²) in [6, 6.07) is 3.30. The van der Waals surface area contributed by atoms with Gasteiger partial charge >= 0.3 is 6.18 Å². The molecule has 1 amide bonds. The lowest BCUT2D eigenvalue weighted by molar-refractivity contribution is -0.139. The maximum atomic E-state index is 11.9. The number of halogens is 3. The zero-order valence-electron chi connectivity index (χ0n) is 11.0. The number of nitrogens with one attached hydrogen (secondary N) is 1. The largest absolute Gasteiger partial charge is 0.482 e. The number of pyridine rings is 1. The fourth-order valence-corrected chi connectivity index (χ4v) is 1.44. The number of carbonyl (C=O) groups excluding carboxylic acids is 1. The molecule has 0 bridgehead atoms. The summed E-state index contributed by atoms with van der Waals surface area (Å²) >= 11 is 0. The molecule has 0 spiro atoms. The number of alkyl halides is 3. The molecule has 0 radical (unpaired) electrons. The summed E-state index contributed by atoms with van der Waals surface area (Å²) in [4.78, 5) is 15.4. The Hall–Kier alpha value is -1.83. The molecule has 0 fully saturated rings. The van der Waals surface area contributed by atoms with Crippen molar-refractivity contribution >= 4 is 5.91 Å². The van der Waals surface area contributed by atoms with Crippen molar-refractivity contribution < 1.29 is 22.7 Å². The Morgan fingerprint density at radius 3 is 2.75 bits per heavy atom. The molecular weight excluding hydrogens is 275 g/mol. The third-order valence-electron chi connectivity index (χ3n) is 2.30. The Morgan fingerprint density at radius 1 is 1.45 bits per heavy atom. The molecule has 1 rings (SSSR count). The van der Waals surface area contributed by atoms with E-state index in [-0.39, 0.29) is 0 Å². The van der Waals surface area contributed by atoms with Crippen LogP contribution < -0.4 is 15.8 Å². The Morgan fingerprint density at radius 2 is 2.15 bits per heavy atom. The number of carbonyl (C=O) groups is 1. The molecule has 0 aliphatic rings. The Balaban J connectivity index is 2.54. The van der Waals surface area contributed by atoms with Gasteiger partial charge in [0.05, 0.1) is 5.69 Å². The van der Waals surface area contributed by atoms with E-state index in [0.29, 0.717) is 24.4 Å². The summed E-state index contributed by atoms with van der Waals surface area (Å²) in [6.07, 6.45) is -3.98. The number of hydrogen-bond donors (Lipinski definition) is 2. The fraction of sp³-hybridized carbons (Fsp3) is 0.500. The molecule has 0 aromatic carbocycles. The molecule has 0 atom stereocenters. The maximum Gasteiger partial charge on any atom is 0.405 e. The van der Waals surface area contributed by atoms with Gasteiger partial charge in [-0.25, -0.2) is 0 Å². The minimum absolute atomic E-state index is 0.350. The molecule has 8 heteroatoms. The molecule has 1 aromatic heterocycles. The normalized spacial score (nSPS) is 11.2. The van der Waals surface area contributed by atoms with Gasteiger partial charge in [0, 0.05) is 12.1 Å². The molecule has 0 unspecified atom stereocenters. The number of nitrogens with zero attached hydrogens (tertiary/aromatic N) is 1. The van der Waals surface area contributed by atoms with Crippen molar-refractivity contribution in [3.05, 3.63) is 23.5 Å². The van der Waals surface area contributed by atoms with E-state index in [2.05, 4.69) is 4.98 Å². The number of nitrogens with two attached hydrogens (primary N) is 1. The number of hydrogen-bond acceptors (Lipinski definition) is 4. The van der Waals surface area contributed by atoms with Crippen molar-refractivity contribution in [1.82, 2.24) is 10.3 Å². The third-order valence-corrected chi connectivity index (χ3v) is 2.30. The summed E-state index contributed by atoms with van der Waals surface area (Å²) in [7, 11) is 0. The molecule has 0 aliphatic heterocycles. The quantitative estimate of drug-likeness (QED) is 0.818. The zero-order chi connectivity index (χ0) is 15.2. The average Bonchev–Trinajstić information content (AvgIpc) is 2.35. The lowest BCUT2D eigenvalue weighted by Crippen LogP contribution is -2.36. The predicted octanol–water partition coefficient (Wildman–Crippen LogP) is 0.949. The first-order valence-corrected chi connectivity index (χ1v) is 5.94. The standard InChI is InChI=1S/C12H16F3N3O2/c1-8-2-3-10(9(18-8)4-5-16)20-6-11(19)17-7-12(13,14)15/h2-3H,4-7,16H2,1H3,(H,17,19). The van der Waals surface area contributed by atoms with E-state index in [0.717, 1.165) is 5.69 Å². The number of aromatic nitrogens is 1.